The fourth-order valence-corrected chi connectivity index (χ4v) is 2.96. The van der Waals surface area contributed by atoms with E-state index in [2.05, 4.69) is 22.2 Å². The summed E-state index contributed by atoms with van der Waals surface area (Å²) < 4.78 is 2.03. The van der Waals surface area contributed by atoms with E-state index < -0.39 is 0 Å². The molecule has 2 aliphatic heterocycles. The summed E-state index contributed by atoms with van der Waals surface area (Å²) in [6.45, 7) is 4.36. The molecule has 1 aromatic rings. The van der Waals surface area contributed by atoms with Crippen molar-refractivity contribution in [2.24, 2.45) is 7.05 Å². The molecule has 1 fully saturated rings. The van der Waals surface area contributed by atoms with Gasteiger partial charge in [0.25, 0.3) is 0 Å². The van der Waals surface area contributed by atoms with Gasteiger partial charge in [0.05, 0.1) is 5.69 Å². The molecule has 0 amide bonds. The van der Waals surface area contributed by atoms with Crippen LogP contribution in [0.2, 0.25) is 0 Å². The van der Waals surface area contributed by atoms with Crippen molar-refractivity contribution < 1.29 is 0 Å². The number of anilines is 2. The Morgan fingerprint density at radius 3 is 3.13 bits per heavy atom. The van der Waals surface area contributed by atoms with Crippen molar-refractivity contribution in [2.45, 2.75) is 32.2 Å². The van der Waals surface area contributed by atoms with E-state index in [0.717, 1.165) is 18.3 Å². The third kappa shape index (κ3) is 1.24. The molecule has 0 aliphatic carbocycles. The number of hydrogen-bond acceptors (Lipinski definition) is 3. The smallest absolute Gasteiger partial charge is 0.150 e. The fourth-order valence-electron chi connectivity index (χ4n) is 2.96. The van der Waals surface area contributed by atoms with Crippen LogP contribution in [0.25, 0.3) is 0 Å². The number of aryl methyl sites for hydroxylation is 2. The van der Waals surface area contributed by atoms with E-state index in [0.29, 0.717) is 0 Å². The first-order valence-corrected chi connectivity index (χ1v) is 5.81. The van der Waals surface area contributed by atoms with E-state index in [1.807, 2.05) is 11.7 Å². The van der Waals surface area contributed by atoms with Crippen molar-refractivity contribution in [3.63, 3.8) is 0 Å². The molecule has 0 bridgehead atoms. The molecule has 3 heterocycles. The van der Waals surface area contributed by atoms with Crippen molar-refractivity contribution >= 4 is 11.5 Å². The third-order valence-electron chi connectivity index (χ3n) is 3.62. The van der Waals surface area contributed by atoms with E-state index in [1.54, 1.807) is 0 Å². The topological polar surface area (TPSA) is 33.1 Å². The lowest BCUT2D eigenvalue weighted by Gasteiger charge is -2.24. The number of nitrogens with one attached hydrogen (secondary N) is 1. The second-order valence-electron chi connectivity index (χ2n) is 4.61. The maximum Gasteiger partial charge on any atom is 0.150 e. The summed E-state index contributed by atoms with van der Waals surface area (Å²) in [7, 11) is 2.05. The Balaban J connectivity index is 2.11. The van der Waals surface area contributed by atoms with Gasteiger partial charge in [0.2, 0.25) is 0 Å². The van der Waals surface area contributed by atoms with E-state index >= 15 is 0 Å². The highest BCUT2D eigenvalue weighted by Crippen LogP contribution is 2.36. The predicted octanol–water partition coefficient (Wildman–Crippen LogP) is 1.51. The summed E-state index contributed by atoms with van der Waals surface area (Å²) >= 11 is 0. The van der Waals surface area contributed by atoms with E-state index in [4.69, 9.17) is 0 Å². The van der Waals surface area contributed by atoms with Gasteiger partial charge in [0.15, 0.2) is 5.82 Å². The Morgan fingerprint density at radius 2 is 2.27 bits per heavy atom. The summed E-state index contributed by atoms with van der Waals surface area (Å²) in [6.07, 6.45) is 3.92. The highest BCUT2D eigenvalue weighted by molar-refractivity contribution is 5.70. The Bertz CT molecular complexity index is 382. The molecule has 0 radical (unpaired) electrons. The molecular weight excluding hydrogens is 188 g/mol. The number of nitrogens with zero attached hydrogens (tertiary/aromatic N) is 3. The molecule has 0 saturated carbocycles. The largest absolute Gasteiger partial charge is 0.380 e. The van der Waals surface area contributed by atoms with Gasteiger partial charge in [-0.2, -0.15) is 5.10 Å². The van der Waals surface area contributed by atoms with E-state index in [1.165, 1.54) is 37.3 Å². The van der Waals surface area contributed by atoms with Gasteiger partial charge in [-0.05, 0) is 26.2 Å². The molecule has 1 aromatic heterocycles. The molecule has 0 aromatic carbocycles. The zero-order valence-corrected chi connectivity index (χ0v) is 9.45. The molecule has 4 heteroatoms. The van der Waals surface area contributed by atoms with Crippen LogP contribution in [0.5, 0.6) is 0 Å². The average Bonchev–Trinajstić information content (AvgIpc) is 2.68. The molecule has 0 spiro atoms. The zero-order chi connectivity index (χ0) is 10.4. The maximum atomic E-state index is 4.51. The molecule has 1 atom stereocenters. The predicted molar refractivity (Wildman–Crippen MR) is 61.4 cm³/mol. The van der Waals surface area contributed by atoms with Gasteiger partial charge in [0, 0.05) is 26.2 Å². The minimum atomic E-state index is 0.730. The molecule has 4 nitrogen and oxygen atoms in total. The SMILES string of the molecule is Cc1nn(C)c2c1NCCC1CCCN21. The second kappa shape index (κ2) is 3.15. The average molecular weight is 206 g/mol. The van der Waals surface area contributed by atoms with Crippen LogP contribution in [0.4, 0.5) is 11.5 Å². The summed E-state index contributed by atoms with van der Waals surface area (Å²) in [5.74, 6) is 1.30. The Hall–Kier alpha value is -1.19. The van der Waals surface area contributed by atoms with Crippen molar-refractivity contribution in [2.75, 3.05) is 23.3 Å². The lowest BCUT2D eigenvalue weighted by atomic mass is 10.1. The molecule has 2 aliphatic rings. The highest BCUT2D eigenvalue weighted by atomic mass is 15.4. The summed E-state index contributed by atoms with van der Waals surface area (Å²) in [4.78, 5) is 2.54. The summed E-state index contributed by atoms with van der Waals surface area (Å²) in [5, 5.41) is 8.03. The van der Waals surface area contributed by atoms with Crippen molar-refractivity contribution in [1.82, 2.24) is 9.78 Å². The molecule has 1 saturated heterocycles. The highest BCUT2D eigenvalue weighted by Gasteiger charge is 2.31. The Labute approximate surface area is 90.3 Å². The van der Waals surface area contributed by atoms with E-state index in [9.17, 15) is 0 Å². The number of fused-ring (bicyclic) bond motifs is 3. The van der Waals surface area contributed by atoms with Gasteiger partial charge in [-0.25, -0.2) is 0 Å². The van der Waals surface area contributed by atoms with Crippen LogP contribution in [-0.2, 0) is 7.05 Å². The second-order valence-corrected chi connectivity index (χ2v) is 4.61. The number of hydrogen-bond donors (Lipinski definition) is 1. The van der Waals surface area contributed by atoms with Gasteiger partial charge in [-0.1, -0.05) is 0 Å². The summed E-state index contributed by atoms with van der Waals surface area (Å²) in [5.41, 5.74) is 2.38. The Morgan fingerprint density at radius 1 is 1.40 bits per heavy atom. The van der Waals surface area contributed by atoms with Crippen molar-refractivity contribution in [3.05, 3.63) is 5.69 Å². The molecule has 82 valence electrons. The van der Waals surface area contributed by atoms with Gasteiger partial charge < -0.3 is 10.2 Å². The lowest BCUT2D eigenvalue weighted by Crippen LogP contribution is -2.30. The fraction of sp³-hybridized carbons (Fsp3) is 0.727. The van der Waals surface area contributed by atoms with Gasteiger partial charge >= 0.3 is 0 Å². The molecular formula is C11H18N4. The maximum absolute atomic E-state index is 4.51. The van der Waals surface area contributed by atoms with Gasteiger partial charge in [0.1, 0.15) is 5.69 Å². The normalized spacial score (nSPS) is 24.4. The summed E-state index contributed by atoms with van der Waals surface area (Å²) in [6, 6.07) is 0.730. The quantitative estimate of drug-likeness (QED) is 0.698. The monoisotopic (exact) mass is 206 g/mol. The van der Waals surface area contributed by atoms with Crippen molar-refractivity contribution in [3.8, 4) is 0 Å². The van der Waals surface area contributed by atoms with Crippen LogP contribution >= 0.6 is 0 Å². The van der Waals surface area contributed by atoms with Crippen LogP contribution in [0.15, 0.2) is 0 Å². The van der Waals surface area contributed by atoms with Gasteiger partial charge in [-0.3, -0.25) is 4.68 Å². The molecule has 15 heavy (non-hydrogen) atoms. The molecule has 1 N–H and O–H groups in total. The van der Waals surface area contributed by atoms with Crippen LogP contribution in [0, 0.1) is 6.92 Å². The van der Waals surface area contributed by atoms with E-state index in [-0.39, 0.29) is 0 Å². The Kier molecular flexibility index (Phi) is 1.90. The first-order valence-electron chi connectivity index (χ1n) is 5.81. The number of aromatic nitrogens is 2. The van der Waals surface area contributed by atoms with Crippen molar-refractivity contribution in [1.29, 1.82) is 0 Å². The molecule has 3 rings (SSSR count). The van der Waals surface area contributed by atoms with Crippen LogP contribution < -0.4 is 10.2 Å². The number of rotatable bonds is 0. The van der Waals surface area contributed by atoms with Crippen LogP contribution in [0.3, 0.4) is 0 Å². The first kappa shape index (κ1) is 9.07. The lowest BCUT2D eigenvalue weighted by molar-refractivity contribution is 0.616. The first-order chi connectivity index (χ1) is 7.27. The zero-order valence-electron chi connectivity index (χ0n) is 9.45. The molecule has 1 unspecified atom stereocenters. The minimum Gasteiger partial charge on any atom is -0.380 e. The third-order valence-corrected chi connectivity index (χ3v) is 3.62. The van der Waals surface area contributed by atoms with Crippen LogP contribution in [-0.4, -0.2) is 28.9 Å². The van der Waals surface area contributed by atoms with Crippen LogP contribution in [0.1, 0.15) is 25.0 Å². The minimum absolute atomic E-state index is 0.730. The van der Waals surface area contributed by atoms with Gasteiger partial charge in [-0.15, -0.1) is 0 Å². The standard InChI is InChI=1S/C11H18N4/c1-8-10-11(14(2)13-8)15-7-3-4-9(15)5-6-12-10/h9,12H,3-7H2,1-2H3.